The fourth-order valence-electron chi connectivity index (χ4n) is 8.02. The first kappa shape index (κ1) is 19.7. The Morgan fingerprint density at radius 1 is 1.15 bits per heavy atom. The third kappa shape index (κ3) is 2.88. The molecule has 2 aliphatic carbocycles. The van der Waals surface area contributed by atoms with Crippen LogP contribution in [0.4, 0.5) is 0 Å². The van der Waals surface area contributed by atoms with Crippen molar-refractivity contribution in [3.05, 3.63) is 0 Å². The van der Waals surface area contributed by atoms with Crippen LogP contribution in [0.5, 0.6) is 0 Å². The lowest BCUT2D eigenvalue weighted by atomic mass is 9.47. The molecule has 0 amide bonds. The predicted octanol–water partition coefficient (Wildman–Crippen LogP) is 3.98. The molecule has 0 spiro atoms. The van der Waals surface area contributed by atoms with E-state index in [9.17, 15) is 4.79 Å². The van der Waals surface area contributed by atoms with Gasteiger partial charge in [0.1, 0.15) is 0 Å². The highest BCUT2D eigenvalue weighted by molar-refractivity contribution is 5.73. The van der Waals surface area contributed by atoms with Gasteiger partial charge < -0.3 is 14.4 Å². The van der Waals surface area contributed by atoms with Crippen LogP contribution in [0.25, 0.3) is 0 Å². The molecule has 0 aromatic rings. The Kier molecular flexibility index (Phi) is 5.35. The van der Waals surface area contributed by atoms with E-state index >= 15 is 0 Å². The van der Waals surface area contributed by atoms with E-state index in [1.807, 2.05) is 0 Å². The highest BCUT2D eigenvalue weighted by Crippen LogP contribution is 2.63. The van der Waals surface area contributed by atoms with Gasteiger partial charge in [0, 0.05) is 6.04 Å². The Morgan fingerprint density at radius 2 is 1.89 bits per heavy atom. The number of nitrogens with zero attached hydrogens (tertiary/aromatic N) is 1. The van der Waals surface area contributed by atoms with Gasteiger partial charge >= 0.3 is 5.97 Å². The molecule has 27 heavy (non-hydrogen) atoms. The largest absolute Gasteiger partial charge is 0.469 e. The first-order chi connectivity index (χ1) is 12.9. The van der Waals surface area contributed by atoms with Crippen LogP contribution in [0, 0.1) is 40.9 Å². The molecule has 2 saturated carbocycles. The highest BCUT2D eigenvalue weighted by Gasteiger charge is 2.63. The smallest absolute Gasteiger partial charge is 0.311 e. The van der Waals surface area contributed by atoms with Crippen molar-refractivity contribution < 1.29 is 14.3 Å². The molecule has 2 aliphatic heterocycles. The molecular formula is C23H39NO3. The maximum absolute atomic E-state index is 12.6. The molecule has 4 heteroatoms. The maximum atomic E-state index is 12.6. The van der Waals surface area contributed by atoms with Gasteiger partial charge in [-0.3, -0.25) is 4.79 Å². The van der Waals surface area contributed by atoms with Crippen molar-refractivity contribution in [2.75, 3.05) is 27.3 Å². The number of likely N-dealkylation sites (tertiary alicyclic amines) is 1. The number of carbonyl (C=O) groups is 1. The third-order valence-corrected chi connectivity index (χ3v) is 9.38. The summed E-state index contributed by atoms with van der Waals surface area (Å²) in [5.74, 6) is 2.97. The van der Waals surface area contributed by atoms with E-state index in [2.05, 4.69) is 32.7 Å². The fourth-order valence-corrected chi connectivity index (χ4v) is 8.02. The molecule has 0 N–H and O–H groups in total. The van der Waals surface area contributed by atoms with Crippen molar-refractivity contribution >= 4 is 5.97 Å². The molecule has 154 valence electrons. The molecule has 4 aliphatic rings. The van der Waals surface area contributed by atoms with Gasteiger partial charge in [-0.15, -0.1) is 0 Å². The second-order valence-electron chi connectivity index (χ2n) is 10.2. The summed E-state index contributed by atoms with van der Waals surface area (Å²) >= 11 is 0. The van der Waals surface area contributed by atoms with E-state index in [1.165, 1.54) is 45.8 Å². The van der Waals surface area contributed by atoms with Crippen molar-refractivity contribution in [1.29, 1.82) is 0 Å². The lowest BCUT2D eigenvalue weighted by Crippen LogP contribution is -2.61. The van der Waals surface area contributed by atoms with E-state index in [-0.39, 0.29) is 18.0 Å². The number of hydrogen-bond donors (Lipinski definition) is 0. The second-order valence-corrected chi connectivity index (χ2v) is 10.2. The van der Waals surface area contributed by atoms with Gasteiger partial charge in [-0.2, -0.15) is 0 Å². The number of rotatable bonds is 2. The van der Waals surface area contributed by atoms with Gasteiger partial charge in [0.25, 0.3) is 0 Å². The van der Waals surface area contributed by atoms with Crippen LogP contribution >= 0.6 is 0 Å². The summed E-state index contributed by atoms with van der Waals surface area (Å²) in [6.07, 6.45) is 8.02. The molecular weight excluding hydrogens is 338 g/mol. The Hall–Kier alpha value is -0.610. The minimum Gasteiger partial charge on any atom is -0.469 e. The number of carbonyl (C=O) groups excluding carboxylic acids is 1. The summed E-state index contributed by atoms with van der Waals surface area (Å²) in [4.78, 5) is 15.3. The van der Waals surface area contributed by atoms with Crippen LogP contribution in [-0.2, 0) is 14.3 Å². The zero-order chi connectivity index (χ0) is 19.3. The number of ether oxygens (including phenoxy) is 2. The fraction of sp³-hybridized carbons (Fsp3) is 0.957. The number of fused-ring (bicyclic) bond motifs is 2. The average Bonchev–Trinajstić information content (AvgIpc) is 2.99. The standard InChI is InChI=1S/C23H39NO3/c1-14-8-6-7-9-19(14)23-10-11-24(4)20(23)12-17-18(15(23)2)13-27-16(3)21(17)22(25)26-5/h14-21H,6-13H2,1-5H3/t14?,15-,16+,17+,18-,19?,20-,21-,23?/m0/s1. The van der Waals surface area contributed by atoms with E-state index < -0.39 is 0 Å². The normalized spacial score (nSPS) is 50.7. The predicted molar refractivity (Wildman–Crippen MR) is 106 cm³/mol. The zero-order valence-corrected chi connectivity index (χ0v) is 17.9. The first-order valence-electron chi connectivity index (χ1n) is 11.3. The van der Waals surface area contributed by atoms with E-state index in [1.54, 1.807) is 0 Å². The Bertz CT molecular complexity index is 566. The molecule has 0 aromatic heterocycles. The van der Waals surface area contributed by atoms with Gasteiger partial charge in [0.15, 0.2) is 0 Å². The molecule has 9 atom stereocenters. The Labute approximate surface area is 165 Å². The zero-order valence-electron chi connectivity index (χ0n) is 17.9. The van der Waals surface area contributed by atoms with E-state index in [0.29, 0.717) is 29.2 Å². The van der Waals surface area contributed by atoms with Crippen molar-refractivity contribution in [2.45, 2.75) is 71.4 Å². The molecule has 2 saturated heterocycles. The van der Waals surface area contributed by atoms with Crippen molar-refractivity contribution in [1.82, 2.24) is 4.90 Å². The number of esters is 1. The molecule has 0 radical (unpaired) electrons. The van der Waals surface area contributed by atoms with Crippen LogP contribution in [0.1, 0.15) is 59.3 Å². The number of methoxy groups -OCH3 is 1. The molecule has 4 fully saturated rings. The van der Waals surface area contributed by atoms with Crippen molar-refractivity contribution in [2.24, 2.45) is 40.9 Å². The summed E-state index contributed by atoms with van der Waals surface area (Å²) in [5.41, 5.74) is 0.403. The first-order valence-corrected chi connectivity index (χ1v) is 11.3. The highest BCUT2D eigenvalue weighted by atomic mass is 16.5. The van der Waals surface area contributed by atoms with Gasteiger partial charge in [-0.05, 0) is 74.8 Å². The lowest BCUT2D eigenvalue weighted by molar-refractivity contribution is -0.189. The molecule has 0 aromatic carbocycles. The van der Waals surface area contributed by atoms with E-state index in [0.717, 1.165) is 24.9 Å². The van der Waals surface area contributed by atoms with Gasteiger partial charge in [-0.1, -0.05) is 33.1 Å². The minimum atomic E-state index is -0.105. The average molecular weight is 378 g/mol. The van der Waals surface area contributed by atoms with Crippen LogP contribution in [0.3, 0.4) is 0 Å². The monoisotopic (exact) mass is 377 g/mol. The molecule has 0 bridgehead atoms. The Balaban J connectivity index is 1.70. The minimum absolute atomic E-state index is 0.0290. The maximum Gasteiger partial charge on any atom is 0.311 e. The molecule has 4 nitrogen and oxygen atoms in total. The molecule has 4 rings (SSSR count). The summed E-state index contributed by atoms with van der Waals surface area (Å²) in [5, 5.41) is 0. The van der Waals surface area contributed by atoms with Gasteiger partial charge in [0.05, 0.1) is 25.7 Å². The summed E-state index contributed by atoms with van der Waals surface area (Å²) in [6.45, 7) is 9.09. The van der Waals surface area contributed by atoms with E-state index in [4.69, 9.17) is 9.47 Å². The summed E-state index contributed by atoms with van der Waals surface area (Å²) < 4.78 is 11.4. The van der Waals surface area contributed by atoms with Gasteiger partial charge in [-0.25, -0.2) is 0 Å². The molecule has 2 heterocycles. The SMILES string of the molecule is COC(=O)[C@@H]1[C@@H]2C[C@@H]3N(C)CCC3(C3CCCCC3C)[C@@H](C)[C@@H]2CO[C@@H]1C. The summed E-state index contributed by atoms with van der Waals surface area (Å²) in [7, 11) is 3.85. The van der Waals surface area contributed by atoms with Crippen LogP contribution in [0.15, 0.2) is 0 Å². The van der Waals surface area contributed by atoms with Crippen LogP contribution in [0.2, 0.25) is 0 Å². The van der Waals surface area contributed by atoms with Crippen molar-refractivity contribution in [3.63, 3.8) is 0 Å². The Morgan fingerprint density at radius 3 is 2.59 bits per heavy atom. The second kappa shape index (κ2) is 7.33. The van der Waals surface area contributed by atoms with Crippen molar-refractivity contribution in [3.8, 4) is 0 Å². The lowest BCUT2D eigenvalue weighted by Gasteiger charge is -2.60. The third-order valence-electron chi connectivity index (χ3n) is 9.38. The number of hydrogen-bond acceptors (Lipinski definition) is 4. The molecule has 3 unspecified atom stereocenters. The summed E-state index contributed by atoms with van der Waals surface area (Å²) in [6, 6.07) is 0.608. The van der Waals surface area contributed by atoms with Crippen LogP contribution in [-0.4, -0.2) is 50.3 Å². The quantitative estimate of drug-likeness (QED) is 0.682. The topological polar surface area (TPSA) is 38.8 Å². The van der Waals surface area contributed by atoms with Crippen LogP contribution < -0.4 is 0 Å². The van der Waals surface area contributed by atoms with Gasteiger partial charge in [0.2, 0.25) is 0 Å².